The van der Waals surface area contributed by atoms with E-state index in [4.69, 9.17) is 9.47 Å². The van der Waals surface area contributed by atoms with Gasteiger partial charge in [-0.25, -0.2) is 9.78 Å². The van der Waals surface area contributed by atoms with Gasteiger partial charge in [0.1, 0.15) is 10.6 Å². The van der Waals surface area contributed by atoms with Crippen molar-refractivity contribution in [2.45, 2.75) is 19.9 Å². The third-order valence-electron chi connectivity index (χ3n) is 5.58. The summed E-state index contributed by atoms with van der Waals surface area (Å²) in [4.78, 5) is 44.9. The first-order valence-corrected chi connectivity index (χ1v) is 12.0. The number of ether oxygens (including phenoxy) is 2. The lowest BCUT2D eigenvalue weighted by molar-refractivity contribution is -0.117. The van der Waals surface area contributed by atoms with Gasteiger partial charge in [-0.3, -0.25) is 14.5 Å². The molecule has 0 fully saturated rings. The molecule has 1 N–H and O–H groups in total. The number of amides is 1. The van der Waals surface area contributed by atoms with Gasteiger partial charge in [-0.15, -0.1) is 0 Å². The lowest BCUT2D eigenvalue weighted by Gasteiger charge is -2.24. The molecule has 1 atom stereocenters. The van der Waals surface area contributed by atoms with Gasteiger partial charge in [0, 0.05) is 0 Å². The maximum absolute atomic E-state index is 13.3. The summed E-state index contributed by atoms with van der Waals surface area (Å²) in [5.41, 5.74) is 1.67. The van der Waals surface area contributed by atoms with Gasteiger partial charge in [-0.1, -0.05) is 59.9 Å². The predicted molar refractivity (Wildman–Crippen MR) is 136 cm³/mol. The fraction of sp³-hybridized carbons (Fsp3) is 0.185. The number of carbonyl (C=O) groups is 3. The molecule has 0 spiro atoms. The van der Waals surface area contributed by atoms with Crippen LogP contribution in [0, 0.1) is 6.92 Å². The smallest absolute Gasteiger partial charge is 0.350 e. The van der Waals surface area contributed by atoms with Gasteiger partial charge >= 0.3 is 5.97 Å². The zero-order valence-corrected chi connectivity index (χ0v) is 20.7. The fourth-order valence-electron chi connectivity index (χ4n) is 3.85. The second kappa shape index (κ2) is 10.6. The zero-order valence-electron chi connectivity index (χ0n) is 19.9. The number of thiazole rings is 1. The number of esters is 1. The van der Waals surface area contributed by atoms with Crippen molar-refractivity contribution >= 4 is 40.2 Å². The minimum Gasteiger partial charge on any atom is -0.503 e. The van der Waals surface area contributed by atoms with Crippen molar-refractivity contribution in [1.29, 1.82) is 0 Å². The number of rotatable bonds is 8. The molecule has 0 aliphatic carbocycles. The number of carbonyl (C=O) groups excluding carboxylic acids is 3. The minimum atomic E-state index is -0.961. The van der Waals surface area contributed by atoms with Gasteiger partial charge in [-0.05, 0) is 43.2 Å². The lowest BCUT2D eigenvalue weighted by Crippen LogP contribution is -2.30. The maximum atomic E-state index is 13.3. The Bertz CT molecular complexity index is 1360. The molecule has 4 rings (SSSR count). The Balaban J connectivity index is 1.78. The Hall–Kier alpha value is -4.24. The number of methoxy groups -OCH3 is 1. The number of hydrogen-bond donors (Lipinski definition) is 1. The Morgan fingerprint density at radius 2 is 1.83 bits per heavy atom. The summed E-state index contributed by atoms with van der Waals surface area (Å²) < 4.78 is 10.3. The van der Waals surface area contributed by atoms with E-state index in [1.165, 1.54) is 18.1 Å². The molecule has 0 saturated heterocycles. The van der Waals surface area contributed by atoms with Crippen LogP contribution in [0.5, 0.6) is 5.75 Å². The summed E-state index contributed by atoms with van der Waals surface area (Å²) in [6, 6.07) is 15.1. The molecule has 9 heteroatoms. The second-order valence-electron chi connectivity index (χ2n) is 7.85. The highest BCUT2D eigenvalue weighted by molar-refractivity contribution is 7.17. The van der Waals surface area contributed by atoms with Crippen LogP contribution >= 0.6 is 11.3 Å². The Kier molecular flexibility index (Phi) is 7.30. The highest BCUT2D eigenvalue weighted by Crippen LogP contribution is 2.43. The number of anilines is 1. The van der Waals surface area contributed by atoms with E-state index in [2.05, 4.69) is 4.98 Å². The first kappa shape index (κ1) is 24.9. The van der Waals surface area contributed by atoms with Crippen LogP contribution in [0.4, 0.5) is 5.13 Å². The summed E-state index contributed by atoms with van der Waals surface area (Å²) in [5.74, 6) is -1.92. The predicted octanol–water partition coefficient (Wildman–Crippen LogP) is 4.82. The summed E-state index contributed by atoms with van der Waals surface area (Å²) >= 11 is 0.968. The second-order valence-corrected chi connectivity index (χ2v) is 8.83. The average molecular weight is 505 g/mol. The number of allylic oxidation sites excluding steroid dienone is 1. The molecular formula is C27H24N2O6S. The van der Waals surface area contributed by atoms with E-state index in [9.17, 15) is 19.5 Å². The van der Waals surface area contributed by atoms with E-state index in [-0.39, 0.29) is 22.2 Å². The standard InChI is InChI=1S/C27H24N2O6S/c1-4-35-26(33)24-16(2)28-27(36-24)29-22(18-11-13-19(34-3)14-12-18)21(23(31)25(29)32)20(30)15-10-17-8-6-5-7-9-17/h5-15,22,31H,4H2,1-3H3/b15-10+. The highest BCUT2D eigenvalue weighted by atomic mass is 32.1. The lowest BCUT2D eigenvalue weighted by atomic mass is 9.95. The number of aromatic nitrogens is 1. The van der Waals surface area contributed by atoms with E-state index < -0.39 is 29.5 Å². The van der Waals surface area contributed by atoms with Crippen LogP contribution in [0.15, 0.2) is 72.0 Å². The van der Waals surface area contributed by atoms with Crippen molar-refractivity contribution in [3.63, 3.8) is 0 Å². The highest BCUT2D eigenvalue weighted by Gasteiger charge is 2.45. The molecule has 0 bridgehead atoms. The molecule has 184 valence electrons. The van der Waals surface area contributed by atoms with Crippen molar-refractivity contribution in [3.8, 4) is 5.75 Å². The Morgan fingerprint density at radius 3 is 2.47 bits per heavy atom. The maximum Gasteiger partial charge on any atom is 0.350 e. The molecule has 0 radical (unpaired) electrons. The number of aryl methyl sites for hydroxylation is 1. The van der Waals surface area contributed by atoms with E-state index >= 15 is 0 Å². The van der Waals surface area contributed by atoms with Crippen LogP contribution in [0.2, 0.25) is 0 Å². The summed E-state index contributed by atoms with van der Waals surface area (Å²) in [7, 11) is 1.53. The molecule has 1 aliphatic rings. The average Bonchev–Trinajstić information content (AvgIpc) is 3.40. The molecule has 8 nitrogen and oxygen atoms in total. The Labute approximate surface area is 212 Å². The summed E-state index contributed by atoms with van der Waals surface area (Å²) in [6.07, 6.45) is 2.94. The van der Waals surface area contributed by atoms with Crippen molar-refractivity contribution < 1.29 is 29.0 Å². The van der Waals surface area contributed by atoms with Crippen molar-refractivity contribution in [2.24, 2.45) is 0 Å². The minimum absolute atomic E-state index is 0.0807. The number of aliphatic hydroxyl groups is 1. The first-order chi connectivity index (χ1) is 17.3. The van der Waals surface area contributed by atoms with Gasteiger partial charge < -0.3 is 14.6 Å². The molecule has 2 heterocycles. The molecule has 1 aromatic heterocycles. The van der Waals surface area contributed by atoms with Crippen LogP contribution in [0.1, 0.15) is 39.5 Å². The van der Waals surface area contributed by atoms with Gasteiger partial charge in [0.15, 0.2) is 16.7 Å². The quantitative estimate of drug-likeness (QED) is 0.346. The van der Waals surface area contributed by atoms with Gasteiger partial charge in [0.2, 0.25) is 0 Å². The topological polar surface area (TPSA) is 106 Å². The normalized spacial score (nSPS) is 15.6. The number of nitrogens with zero attached hydrogens (tertiary/aromatic N) is 2. The molecular weight excluding hydrogens is 480 g/mol. The first-order valence-electron chi connectivity index (χ1n) is 11.2. The molecule has 1 unspecified atom stereocenters. The van der Waals surface area contributed by atoms with Crippen LogP contribution in [-0.4, -0.2) is 41.5 Å². The van der Waals surface area contributed by atoms with Crippen LogP contribution in [-0.2, 0) is 14.3 Å². The van der Waals surface area contributed by atoms with E-state index in [0.29, 0.717) is 17.0 Å². The van der Waals surface area contributed by atoms with Crippen LogP contribution < -0.4 is 9.64 Å². The van der Waals surface area contributed by atoms with Crippen LogP contribution in [0.25, 0.3) is 6.08 Å². The summed E-state index contributed by atoms with van der Waals surface area (Å²) in [6.45, 7) is 3.52. The van der Waals surface area contributed by atoms with E-state index in [0.717, 1.165) is 16.9 Å². The van der Waals surface area contributed by atoms with Crippen molar-refractivity contribution in [2.75, 3.05) is 18.6 Å². The zero-order chi connectivity index (χ0) is 25.8. The Morgan fingerprint density at radius 1 is 1.14 bits per heavy atom. The van der Waals surface area contributed by atoms with Crippen LogP contribution in [0.3, 0.4) is 0 Å². The molecule has 2 aromatic carbocycles. The molecule has 36 heavy (non-hydrogen) atoms. The number of benzene rings is 2. The number of hydrogen-bond acceptors (Lipinski definition) is 8. The van der Waals surface area contributed by atoms with E-state index in [1.54, 1.807) is 44.2 Å². The third kappa shape index (κ3) is 4.78. The third-order valence-corrected chi connectivity index (χ3v) is 6.72. The SMILES string of the molecule is CCOC(=O)c1sc(N2C(=O)C(O)=C(C(=O)/C=C/c3ccccc3)C2c2ccc(OC)cc2)nc1C. The fourth-order valence-corrected chi connectivity index (χ4v) is 4.84. The van der Waals surface area contributed by atoms with Gasteiger partial charge in [-0.2, -0.15) is 0 Å². The van der Waals surface area contributed by atoms with E-state index in [1.807, 2.05) is 30.3 Å². The van der Waals surface area contributed by atoms with Crippen molar-refractivity contribution in [3.05, 3.63) is 93.7 Å². The van der Waals surface area contributed by atoms with Crippen molar-refractivity contribution in [1.82, 2.24) is 4.98 Å². The van der Waals surface area contributed by atoms with Gasteiger partial charge in [0.05, 0.1) is 31.0 Å². The monoisotopic (exact) mass is 504 g/mol. The molecule has 1 aliphatic heterocycles. The largest absolute Gasteiger partial charge is 0.503 e. The molecule has 3 aromatic rings. The molecule has 1 amide bonds. The summed E-state index contributed by atoms with van der Waals surface area (Å²) in [5, 5.41) is 11.0. The molecule has 0 saturated carbocycles. The number of aliphatic hydroxyl groups excluding tert-OH is 1. The number of ketones is 1. The van der Waals surface area contributed by atoms with Gasteiger partial charge in [0.25, 0.3) is 5.91 Å².